The Morgan fingerprint density at radius 2 is 1.65 bits per heavy atom. The molecule has 0 atom stereocenters. The summed E-state index contributed by atoms with van der Waals surface area (Å²) in [6, 6.07) is 18.7. The summed E-state index contributed by atoms with van der Waals surface area (Å²) in [5, 5.41) is 15.0. The maximum atomic E-state index is 12.6. The van der Waals surface area contributed by atoms with Crippen molar-refractivity contribution in [1.82, 2.24) is 0 Å². The Bertz CT molecular complexity index is 1390. The molecule has 0 bridgehead atoms. The molecule has 0 aliphatic heterocycles. The molecule has 3 rings (SSSR count). The van der Waals surface area contributed by atoms with Crippen LogP contribution in [0, 0.1) is 18.3 Å². The molecule has 10 heteroatoms. The van der Waals surface area contributed by atoms with Crippen molar-refractivity contribution >= 4 is 67.1 Å². The van der Waals surface area contributed by atoms with E-state index in [4.69, 9.17) is 4.74 Å². The lowest BCUT2D eigenvalue weighted by Crippen LogP contribution is -2.20. The summed E-state index contributed by atoms with van der Waals surface area (Å²) in [5.74, 6) is -1.04. The first-order valence-corrected chi connectivity index (χ1v) is 12.4. The van der Waals surface area contributed by atoms with E-state index in [0.717, 1.165) is 5.56 Å². The van der Waals surface area contributed by atoms with Crippen LogP contribution in [0.15, 0.2) is 75.2 Å². The molecule has 3 aromatic rings. The van der Waals surface area contributed by atoms with E-state index in [0.29, 0.717) is 37.2 Å². The number of esters is 1. The fourth-order valence-corrected chi connectivity index (χ4v) is 4.61. The number of carbonyl (C=O) groups excluding carboxylic acids is 3. The molecule has 2 amide bonds. The molecule has 0 spiro atoms. The van der Waals surface area contributed by atoms with Gasteiger partial charge in [0.2, 0.25) is 0 Å². The highest BCUT2D eigenvalue weighted by molar-refractivity contribution is 9.11. The Balaban J connectivity index is 1.68. The summed E-state index contributed by atoms with van der Waals surface area (Å²) in [5.41, 5.74) is 2.79. The van der Waals surface area contributed by atoms with Crippen LogP contribution in [-0.4, -0.2) is 31.5 Å². The zero-order chi connectivity index (χ0) is 26.9. The van der Waals surface area contributed by atoms with Crippen LogP contribution in [0.4, 0.5) is 11.4 Å². The Kier molecular flexibility index (Phi) is 9.60. The summed E-state index contributed by atoms with van der Waals surface area (Å²) in [6.45, 7) is 1.67. The van der Waals surface area contributed by atoms with Crippen LogP contribution in [0.5, 0.6) is 5.75 Å². The van der Waals surface area contributed by atoms with Crippen molar-refractivity contribution in [2.45, 2.75) is 6.92 Å². The van der Waals surface area contributed by atoms with Crippen LogP contribution in [0.25, 0.3) is 6.08 Å². The molecule has 0 saturated heterocycles. The number of aryl methyl sites for hydroxylation is 1. The molecule has 0 aromatic heterocycles. The second-order valence-corrected chi connectivity index (χ2v) is 9.37. The largest absolute Gasteiger partial charge is 0.481 e. The van der Waals surface area contributed by atoms with Gasteiger partial charge in [-0.15, -0.1) is 0 Å². The summed E-state index contributed by atoms with van der Waals surface area (Å²) in [4.78, 5) is 36.5. The van der Waals surface area contributed by atoms with Gasteiger partial charge in [0, 0.05) is 11.4 Å². The number of anilines is 2. The zero-order valence-electron chi connectivity index (χ0n) is 19.8. The number of para-hydroxylation sites is 1. The first kappa shape index (κ1) is 27.6. The number of rotatable bonds is 8. The van der Waals surface area contributed by atoms with E-state index in [9.17, 15) is 19.6 Å². The van der Waals surface area contributed by atoms with E-state index >= 15 is 0 Å². The Morgan fingerprint density at radius 1 is 1.00 bits per heavy atom. The summed E-state index contributed by atoms with van der Waals surface area (Å²) < 4.78 is 11.4. The molecule has 0 saturated carbocycles. The normalized spacial score (nSPS) is 10.7. The van der Waals surface area contributed by atoms with Gasteiger partial charge in [-0.1, -0.05) is 18.2 Å². The van der Waals surface area contributed by atoms with Crippen LogP contribution in [0.1, 0.15) is 21.5 Å². The molecule has 3 aromatic carbocycles. The van der Waals surface area contributed by atoms with Crippen molar-refractivity contribution < 1.29 is 23.9 Å². The highest BCUT2D eigenvalue weighted by Gasteiger charge is 2.15. The predicted molar refractivity (Wildman–Crippen MR) is 147 cm³/mol. The average Bonchev–Trinajstić information content (AvgIpc) is 2.88. The molecule has 0 aliphatic rings. The fraction of sp³-hybridized carbons (Fsp3) is 0.111. The lowest BCUT2D eigenvalue weighted by Gasteiger charge is -2.12. The summed E-state index contributed by atoms with van der Waals surface area (Å²) in [7, 11) is 1.28. The lowest BCUT2D eigenvalue weighted by molar-refractivity contribution is -0.118. The second-order valence-electron chi connectivity index (χ2n) is 7.66. The van der Waals surface area contributed by atoms with Gasteiger partial charge in [-0.2, -0.15) is 5.26 Å². The second kappa shape index (κ2) is 12.9. The monoisotopic (exact) mass is 625 g/mol. The van der Waals surface area contributed by atoms with Crippen molar-refractivity contribution in [3.63, 3.8) is 0 Å². The minimum atomic E-state index is -0.617. The first-order valence-electron chi connectivity index (χ1n) is 10.8. The van der Waals surface area contributed by atoms with Gasteiger partial charge in [-0.25, -0.2) is 4.79 Å². The topological polar surface area (TPSA) is 118 Å². The van der Waals surface area contributed by atoms with Crippen LogP contribution >= 0.6 is 31.9 Å². The maximum Gasteiger partial charge on any atom is 0.337 e. The number of nitrogens with one attached hydrogen (secondary N) is 2. The number of nitriles is 1. The van der Waals surface area contributed by atoms with Crippen LogP contribution < -0.4 is 15.4 Å². The molecule has 0 aliphatic carbocycles. The molecule has 0 unspecified atom stereocenters. The van der Waals surface area contributed by atoms with Crippen LogP contribution in [-0.2, 0) is 14.3 Å². The van der Waals surface area contributed by atoms with E-state index < -0.39 is 11.9 Å². The van der Waals surface area contributed by atoms with Gasteiger partial charge < -0.3 is 20.1 Å². The number of methoxy groups -OCH3 is 1. The number of carbonyl (C=O) groups is 3. The zero-order valence-corrected chi connectivity index (χ0v) is 23.0. The minimum Gasteiger partial charge on any atom is -0.481 e. The van der Waals surface area contributed by atoms with Crippen molar-refractivity contribution in [2.75, 3.05) is 24.4 Å². The number of benzene rings is 3. The van der Waals surface area contributed by atoms with Gasteiger partial charge in [-0.3, -0.25) is 9.59 Å². The predicted octanol–water partition coefficient (Wildman–Crippen LogP) is 5.87. The van der Waals surface area contributed by atoms with Crippen LogP contribution in [0.2, 0.25) is 0 Å². The average molecular weight is 627 g/mol. The number of halogens is 2. The molecule has 8 nitrogen and oxygen atoms in total. The van der Waals surface area contributed by atoms with Crippen LogP contribution in [0.3, 0.4) is 0 Å². The van der Waals surface area contributed by atoms with Gasteiger partial charge in [-0.05, 0) is 98.5 Å². The SMILES string of the molecule is COC(=O)c1ccc(NC(=O)/C(C#N)=C\c2cc(Br)c(OCC(=O)Nc3ccccc3C)c(Br)c2)cc1. The maximum absolute atomic E-state index is 12.6. The smallest absolute Gasteiger partial charge is 0.337 e. The van der Waals surface area contributed by atoms with E-state index in [1.165, 1.54) is 37.5 Å². The minimum absolute atomic E-state index is 0.137. The first-order chi connectivity index (χ1) is 17.7. The number of ether oxygens (including phenoxy) is 2. The number of nitrogens with zero attached hydrogens (tertiary/aromatic N) is 1. The van der Waals surface area contributed by atoms with Gasteiger partial charge in [0.25, 0.3) is 11.8 Å². The number of amides is 2. The highest BCUT2D eigenvalue weighted by Crippen LogP contribution is 2.35. The molecule has 0 radical (unpaired) electrons. The molecule has 2 N–H and O–H groups in total. The standard InChI is InChI=1S/C27H21Br2N3O5/c1-16-5-3-4-6-23(16)32-24(33)15-37-25-21(28)12-17(13-22(25)29)11-19(14-30)26(34)31-20-9-7-18(8-10-20)27(35)36-2/h3-13H,15H2,1-2H3,(H,31,34)(H,32,33)/b19-11-. The van der Waals surface area contributed by atoms with Gasteiger partial charge in [0.15, 0.2) is 6.61 Å². The van der Waals surface area contributed by atoms with E-state index in [-0.39, 0.29) is 18.1 Å². The van der Waals surface area contributed by atoms with Gasteiger partial charge in [0.1, 0.15) is 17.4 Å². The molecular formula is C27H21Br2N3O5. The number of hydrogen-bond donors (Lipinski definition) is 2. The molecule has 0 fully saturated rings. The van der Waals surface area contributed by atoms with Gasteiger partial charge >= 0.3 is 5.97 Å². The lowest BCUT2D eigenvalue weighted by atomic mass is 10.1. The van der Waals surface area contributed by atoms with E-state index in [1.54, 1.807) is 18.2 Å². The third-order valence-corrected chi connectivity index (χ3v) is 6.21. The fourth-order valence-electron chi connectivity index (χ4n) is 3.16. The van der Waals surface area contributed by atoms with Crippen molar-refractivity contribution in [2.24, 2.45) is 0 Å². The molecule has 188 valence electrons. The number of hydrogen-bond acceptors (Lipinski definition) is 6. The van der Waals surface area contributed by atoms with E-state index in [1.807, 2.05) is 31.2 Å². The molecular weight excluding hydrogens is 606 g/mol. The summed E-state index contributed by atoms with van der Waals surface area (Å²) in [6.07, 6.45) is 1.42. The third-order valence-electron chi connectivity index (χ3n) is 5.03. The Hall–Kier alpha value is -3.94. The van der Waals surface area contributed by atoms with Crippen molar-refractivity contribution in [3.05, 3.63) is 91.9 Å². The quantitative estimate of drug-likeness (QED) is 0.183. The highest BCUT2D eigenvalue weighted by atomic mass is 79.9. The van der Waals surface area contributed by atoms with Crippen molar-refractivity contribution in [3.8, 4) is 11.8 Å². The summed E-state index contributed by atoms with van der Waals surface area (Å²) >= 11 is 6.83. The van der Waals surface area contributed by atoms with E-state index in [2.05, 4.69) is 47.2 Å². The molecule has 37 heavy (non-hydrogen) atoms. The Labute approximate surface area is 230 Å². The molecule has 0 heterocycles. The van der Waals surface area contributed by atoms with Crippen molar-refractivity contribution in [1.29, 1.82) is 5.26 Å². The Morgan fingerprint density at radius 3 is 2.24 bits per heavy atom. The third kappa shape index (κ3) is 7.52. The van der Waals surface area contributed by atoms with Gasteiger partial charge in [0.05, 0.1) is 21.6 Å².